The number of carbonyl (C=O) groups is 2. The highest BCUT2D eigenvalue weighted by atomic mass is 16.3. The maximum Gasteiger partial charge on any atom is 0.229 e. The van der Waals surface area contributed by atoms with Crippen molar-refractivity contribution in [2.75, 3.05) is 0 Å². The summed E-state index contributed by atoms with van der Waals surface area (Å²) in [6.45, 7) is 0. The van der Waals surface area contributed by atoms with Gasteiger partial charge in [-0.3, -0.25) is 14.4 Å². The number of hydrogen-bond donors (Lipinski definition) is 0. The van der Waals surface area contributed by atoms with Gasteiger partial charge in [-0.25, -0.2) is 0 Å². The molecule has 0 atom stereocenters. The molecule has 1 heterocycles. The van der Waals surface area contributed by atoms with Gasteiger partial charge in [0.25, 0.3) is 0 Å². The van der Waals surface area contributed by atoms with Crippen LogP contribution in [0.1, 0.15) is 32.0 Å². The number of ketones is 2. The van der Waals surface area contributed by atoms with Crippen LogP contribution in [0.2, 0.25) is 0 Å². The molecule has 0 radical (unpaired) electrons. The van der Waals surface area contributed by atoms with Gasteiger partial charge in [0.15, 0.2) is 5.76 Å². The lowest BCUT2D eigenvalue weighted by atomic mass is 9.92. The zero-order valence-corrected chi connectivity index (χ0v) is 18.7. The quantitative estimate of drug-likeness (QED) is 0.276. The number of benzene rings is 4. The minimum Gasteiger partial charge on any atom is -0.451 e. The van der Waals surface area contributed by atoms with E-state index in [1.54, 1.807) is 103 Å². The standard InChI is InChI=1S/C31H20O4/c32-27(22-15-7-2-8-16-22)26-29(34)25(21-13-5-1-6-14-21)31(28(33)23-17-9-3-10-18-23)35-30(26)24-19-11-4-12-20-24/h1-20H. The van der Waals surface area contributed by atoms with E-state index in [4.69, 9.17) is 4.42 Å². The molecule has 168 valence electrons. The fraction of sp³-hybridized carbons (Fsp3) is 0. The van der Waals surface area contributed by atoms with E-state index in [2.05, 4.69) is 0 Å². The van der Waals surface area contributed by atoms with Gasteiger partial charge in [-0.15, -0.1) is 0 Å². The van der Waals surface area contributed by atoms with Crippen LogP contribution in [-0.2, 0) is 0 Å². The summed E-state index contributed by atoms with van der Waals surface area (Å²) in [6, 6.07) is 35.0. The van der Waals surface area contributed by atoms with E-state index in [1.165, 1.54) is 0 Å². The lowest BCUT2D eigenvalue weighted by Crippen LogP contribution is -2.22. The molecule has 35 heavy (non-hydrogen) atoms. The van der Waals surface area contributed by atoms with Crippen molar-refractivity contribution in [3.8, 4) is 22.5 Å². The highest BCUT2D eigenvalue weighted by Gasteiger charge is 2.29. The van der Waals surface area contributed by atoms with Gasteiger partial charge in [-0.1, -0.05) is 121 Å². The Hall–Kier alpha value is -4.83. The number of rotatable bonds is 6. The minimum absolute atomic E-state index is 0.0680. The van der Waals surface area contributed by atoms with Crippen LogP contribution in [0.25, 0.3) is 22.5 Å². The molecule has 0 bridgehead atoms. The molecule has 5 rings (SSSR count). The van der Waals surface area contributed by atoms with Crippen molar-refractivity contribution in [3.05, 3.63) is 154 Å². The lowest BCUT2D eigenvalue weighted by Gasteiger charge is -2.14. The summed E-state index contributed by atoms with van der Waals surface area (Å²) < 4.78 is 6.25. The van der Waals surface area contributed by atoms with E-state index in [0.717, 1.165) is 0 Å². The Kier molecular flexibility index (Phi) is 6.01. The summed E-state index contributed by atoms with van der Waals surface area (Å²) in [4.78, 5) is 41.4. The Morgan fingerprint density at radius 1 is 0.514 bits per heavy atom. The van der Waals surface area contributed by atoms with Crippen molar-refractivity contribution in [2.24, 2.45) is 0 Å². The van der Waals surface area contributed by atoms with E-state index in [1.807, 2.05) is 18.2 Å². The monoisotopic (exact) mass is 456 g/mol. The molecule has 0 unspecified atom stereocenters. The maximum atomic E-state index is 14.1. The molecule has 4 nitrogen and oxygen atoms in total. The van der Waals surface area contributed by atoms with Crippen LogP contribution in [0.4, 0.5) is 0 Å². The molecule has 0 aliphatic heterocycles. The van der Waals surface area contributed by atoms with Gasteiger partial charge in [0, 0.05) is 16.7 Å². The molecule has 0 aliphatic carbocycles. The van der Waals surface area contributed by atoms with Gasteiger partial charge in [0.05, 0.1) is 5.56 Å². The maximum absolute atomic E-state index is 14.1. The summed E-state index contributed by atoms with van der Waals surface area (Å²) >= 11 is 0. The fourth-order valence-corrected chi connectivity index (χ4v) is 4.02. The molecular weight excluding hydrogens is 436 g/mol. The van der Waals surface area contributed by atoms with Gasteiger partial charge in [0.1, 0.15) is 11.3 Å². The van der Waals surface area contributed by atoms with Crippen molar-refractivity contribution >= 4 is 11.6 Å². The Balaban J connectivity index is 1.86. The van der Waals surface area contributed by atoms with Crippen molar-refractivity contribution in [2.45, 2.75) is 0 Å². The zero-order chi connectivity index (χ0) is 24.2. The third kappa shape index (κ3) is 4.25. The third-order valence-electron chi connectivity index (χ3n) is 5.72. The van der Waals surface area contributed by atoms with Gasteiger partial charge < -0.3 is 4.42 Å². The molecular formula is C31H20O4. The summed E-state index contributed by atoms with van der Waals surface area (Å²) in [5.41, 5.74) is 1.19. The summed E-state index contributed by atoms with van der Waals surface area (Å²) in [5.74, 6) is -0.925. The molecule has 0 fully saturated rings. The molecule has 5 aromatic rings. The highest BCUT2D eigenvalue weighted by Crippen LogP contribution is 2.31. The minimum atomic E-state index is -0.547. The zero-order valence-electron chi connectivity index (χ0n) is 18.7. The Morgan fingerprint density at radius 2 is 0.943 bits per heavy atom. The molecule has 0 aliphatic rings. The van der Waals surface area contributed by atoms with E-state index < -0.39 is 17.0 Å². The molecule has 0 saturated carbocycles. The third-order valence-corrected chi connectivity index (χ3v) is 5.72. The Morgan fingerprint density at radius 3 is 1.46 bits per heavy atom. The molecule has 0 amide bonds. The second-order valence-electron chi connectivity index (χ2n) is 7.96. The van der Waals surface area contributed by atoms with Crippen LogP contribution in [0.3, 0.4) is 0 Å². The van der Waals surface area contributed by atoms with E-state index >= 15 is 0 Å². The van der Waals surface area contributed by atoms with Crippen molar-refractivity contribution in [3.63, 3.8) is 0 Å². The predicted octanol–water partition coefficient (Wildman–Crippen LogP) is 6.44. The van der Waals surface area contributed by atoms with Gasteiger partial charge in [-0.05, 0) is 5.56 Å². The first kappa shape index (κ1) is 22.0. The van der Waals surface area contributed by atoms with Gasteiger partial charge in [-0.2, -0.15) is 0 Å². The van der Waals surface area contributed by atoms with Crippen LogP contribution >= 0.6 is 0 Å². The predicted molar refractivity (Wildman–Crippen MR) is 136 cm³/mol. The van der Waals surface area contributed by atoms with Gasteiger partial charge in [0.2, 0.25) is 17.0 Å². The van der Waals surface area contributed by atoms with E-state index in [9.17, 15) is 14.4 Å². The Bertz CT molecular complexity index is 1550. The topological polar surface area (TPSA) is 64.3 Å². The normalized spacial score (nSPS) is 10.6. The Labute approximate surface area is 202 Å². The first-order valence-corrected chi connectivity index (χ1v) is 11.2. The average Bonchev–Trinajstić information content (AvgIpc) is 2.93. The second kappa shape index (κ2) is 9.57. The van der Waals surface area contributed by atoms with E-state index in [0.29, 0.717) is 22.3 Å². The largest absolute Gasteiger partial charge is 0.451 e. The fourth-order valence-electron chi connectivity index (χ4n) is 4.02. The SMILES string of the molecule is O=C(c1ccccc1)c1oc(-c2ccccc2)c(C(=O)c2ccccc2)c(=O)c1-c1ccccc1. The highest BCUT2D eigenvalue weighted by molar-refractivity contribution is 6.15. The average molecular weight is 456 g/mol. The lowest BCUT2D eigenvalue weighted by molar-refractivity contribution is 0.0999. The van der Waals surface area contributed by atoms with E-state index in [-0.39, 0.29) is 22.6 Å². The summed E-state index contributed by atoms with van der Waals surface area (Å²) in [7, 11) is 0. The number of carbonyl (C=O) groups excluding carboxylic acids is 2. The van der Waals surface area contributed by atoms with Crippen LogP contribution < -0.4 is 5.43 Å². The molecule has 0 N–H and O–H groups in total. The molecule has 4 heteroatoms. The van der Waals surface area contributed by atoms with Crippen LogP contribution in [0.15, 0.2) is 131 Å². The van der Waals surface area contributed by atoms with Crippen molar-refractivity contribution < 1.29 is 14.0 Å². The summed E-state index contributed by atoms with van der Waals surface area (Å²) in [5, 5.41) is 0. The molecule has 0 spiro atoms. The van der Waals surface area contributed by atoms with Gasteiger partial charge >= 0.3 is 0 Å². The summed E-state index contributed by atoms with van der Waals surface area (Å²) in [6.07, 6.45) is 0. The molecule has 1 aromatic heterocycles. The number of hydrogen-bond acceptors (Lipinski definition) is 4. The van der Waals surface area contributed by atoms with Crippen molar-refractivity contribution in [1.82, 2.24) is 0 Å². The first-order chi connectivity index (χ1) is 17.1. The first-order valence-electron chi connectivity index (χ1n) is 11.2. The molecule has 0 saturated heterocycles. The smallest absolute Gasteiger partial charge is 0.229 e. The van der Waals surface area contributed by atoms with Crippen LogP contribution in [0, 0.1) is 0 Å². The van der Waals surface area contributed by atoms with Crippen molar-refractivity contribution in [1.29, 1.82) is 0 Å². The van der Waals surface area contributed by atoms with Crippen LogP contribution in [0.5, 0.6) is 0 Å². The van der Waals surface area contributed by atoms with Crippen LogP contribution in [-0.4, -0.2) is 11.6 Å². The molecule has 4 aromatic carbocycles. The second-order valence-corrected chi connectivity index (χ2v) is 7.96.